The van der Waals surface area contributed by atoms with Gasteiger partial charge in [-0.2, -0.15) is 0 Å². The van der Waals surface area contributed by atoms with Crippen molar-refractivity contribution in [3.8, 4) is 11.5 Å². The van der Waals surface area contributed by atoms with Crippen molar-refractivity contribution >= 4 is 5.91 Å². The fourth-order valence-corrected chi connectivity index (χ4v) is 1.68. The predicted molar refractivity (Wildman–Crippen MR) is 79.2 cm³/mol. The van der Waals surface area contributed by atoms with Crippen molar-refractivity contribution in [1.29, 1.82) is 0 Å². The lowest BCUT2D eigenvalue weighted by molar-refractivity contribution is -0.129. The van der Waals surface area contributed by atoms with Crippen LogP contribution in [-0.2, 0) is 11.3 Å². The third kappa shape index (κ3) is 5.09. The Balaban J connectivity index is 2.59. The number of amides is 1. The minimum absolute atomic E-state index is 0.0488. The van der Waals surface area contributed by atoms with Gasteiger partial charge < -0.3 is 19.7 Å². The summed E-state index contributed by atoms with van der Waals surface area (Å²) >= 11 is 0. The molecule has 0 aliphatic rings. The first-order valence-corrected chi connectivity index (χ1v) is 6.79. The van der Waals surface area contributed by atoms with E-state index >= 15 is 0 Å². The Hall–Kier alpha value is -1.75. The van der Waals surface area contributed by atoms with E-state index in [1.54, 1.807) is 26.1 Å². The molecule has 0 fully saturated rings. The van der Waals surface area contributed by atoms with Crippen LogP contribution in [0.15, 0.2) is 18.2 Å². The number of nitrogens with zero attached hydrogens (tertiary/aromatic N) is 1. The average molecular weight is 280 g/mol. The largest absolute Gasteiger partial charge is 0.493 e. The van der Waals surface area contributed by atoms with Gasteiger partial charge in [-0.3, -0.25) is 4.79 Å². The number of rotatable bonds is 8. The predicted octanol–water partition coefficient (Wildman–Crippen LogP) is 1.66. The Morgan fingerprint density at radius 2 is 2.05 bits per heavy atom. The number of carbonyl (C=O) groups excluding carboxylic acids is 1. The third-order valence-electron chi connectivity index (χ3n) is 2.88. The Morgan fingerprint density at radius 1 is 1.30 bits per heavy atom. The lowest BCUT2D eigenvalue weighted by Crippen LogP contribution is -2.23. The molecule has 0 saturated heterocycles. The molecule has 0 aromatic heterocycles. The van der Waals surface area contributed by atoms with Crippen molar-refractivity contribution in [2.45, 2.75) is 19.9 Å². The van der Waals surface area contributed by atoms with E-state index in [1.807, 2.05) is 18.2 Å². The number of methoxy groups -OCH3 is 1. The summed E-state index contributed by atoms with van der Waals surface area (Å²) < 4.78 is 10.9. The van der Waals surface area contributed by atoms with Gasteiger partial charge in [-0.25, -0.2) is 0 Å². The molecule has 0 aliphatic heterocycles. The molecule has 5 heteroatoms. The number of hydrogen-bond donors (Lipinski definition) is 1. The van der Waals surface area contributed by atoms with Crippen LogP contribution in [0.2, 0.25) is 0 Å². The number of benzene rings is 1. The maximum atomic E-state index is 11.5. The summed E-state index contributed by atoms with van der Waals surface area (Å²) in [7, 11) is 5.08. The van der Waals surface area contributed by atoms with Crippen molar-refractivity contribution in [2.24, 2.45) is 0 Å². The van der Waals surface area contributed by atoms with Crippen molar-refractivity contribution in [2.75, 3.05) is 34.4 Å². The molecule has 0 unspecified atom stereocenters. The second-order valence-corrected chi connectivity index (χ2v) is 4.65. The van der Waals surface area contributed by atoms with Crippen LogP contribution in [0.1, 0.15) is 18.9 Å². The van der Waals surface area contributed by atoms with Gasteiger partial charge in [-0.15, -0.1) is 0 Å². The van der Waals surface area contributed by atoms with Gasteiger partial charge in [0.1, 0.15) is 0 Å². The molecule has 5 nitrogen and oxygen atoms in total. The van der Waals surface area contributed by atoms with Gasteiger partial charge in [0.05, 0.1) is 20.1 Å². The van der Waals surface area contributed by atoms with Crippen molar-refractivity contribution in [1.82, 2.24) is 10.2 Å². The van der Waals surface area contributed by atoms with E-state index in [4.69, 9.17) is 9.47 Å². The molecule has 112 valence electrons. The first-order valence-electron chi connectivity index (χ1n) is 6.79. The van der Waals surface area contributed by atoms with Gasteiger partial charge in [0.15, 0.2) is 11.5 Å². The van der Waals surface area contributed by atoms with Gasteiger partial charge >= 0.3 is 0 Å². The molecule has 1 aromatic carbocycles. The molecule has 0 aliphatic carbocycles. The number of hydrogen-bond acceptors (Lipinski definition) is 4. The van der Waals surface area contributed by atoms with E-state index in [0.29, 0.717) is 24.5 Å². The summed E-state index contributed by atoms with van der Waals surface area (Å²) in [5, 5.41) is 3.26. The molecule has 1 rings (SSSR count). The maximum Gasteiger partial charge on any atom is 0.225 e. The van der Waals surface area contributed by atoms with Crippen LogP contribution in [0.4, 0.5) is 0 Å². The van der Waals surface area contributed by atoms with Crippen molar-refractivity contribution in [3.63, 3.8) is 0 Å². The molecule has 1 N–H and O–H groups in total. The van der Waals surface area contributed by atoms with Gasteiger partial charge in [0.2, 0.25) is 5.91 Å². The zero-order valence-electron chi connectivity index (χ0n) is 12.7. The standard InChI is InChI=1S/C15H24N2O3/c1-5-16-11-12-6-7-13(14(10-12)19-4)20-9-8-15(18)17(2)3/h6-7,10,16H,5,8-9,11H2,1-4H3. The quantitative estimate of drug-likeness (QED) is 0.787. The van der Waals surface area contributed by atoms with Crippen LogP contribution < -0.4 is 14.8 Å². The Morgan fingerprint density at radius 3 is 2.65 bits per heavy atom. The molecule has 1 aromatic rings. The van der Waals surface area contributed by atoms with Crippen LogP contribution in [0.25, 0.3) is 0 Å². The first-order chi connectivity index (χ1) is 9.58. The van der Waals surface area contributed by atoms with E-state index in [0.717, 1.165) is 18.7 Å². The second-order valence-electron chi connectivity index (χ2n) is 4.65. The zero-order chi connectivity index (χ0) is 15.0. The van der Waals surface area contributed by atoms with Crippen LogP contribution in [-0.4, -0.2) is 45.2 Å². The van der Waals surface area contributed by atoms with E-state index < -0.39 is 0 Å². The highest BCUT2D eigenvalue weighted by atomic mass is 16.5. The van der Waals surface area contributed by atoms with Crippen molar-refractivity contribution < 1.29 is 14.3 Å². The normalized spacial score (nSPS) is 10.2. The number of nitrogens with one attached hydrogen (secondary N) is 1. The van der Waals surface area contributed by atoms with Gasteiger partial charge in [0.25, 0.3) is 0 Å². The summed E-state index contributed by atoms with van der Waals surface area (Å²) in [6, 6.07) is 5.83. The zero-order valence-corrected chi connectivity index (χ0v) is 12.7. The van der Waals surface area contributed by atoms with E-state index in [2.05, 4.69) is 12.2 Å². The molecule has 0 bridgehead atoms. The Labute approximate surface area is 120 Å². The van der Waals surface area contributed by atoms with E-state index in [-0.39, 0.29) is 5.91 Å². The van der Waals surface area contributed by atoms with Gasteiger partial charge in [-0.05, 0) is 24.2 Å². The van der Waals surface area contributed by atoms with Crippen LogP contribution in [0.5, 0.6) is 11.5 Å². The molecule has 20 heavy (non-hydrogen) atoms. The SMILES string of the molecule is CCNCc1ccc(OCCC(=O)N(C)C)c(OC)c1. The molecular formula is C15H24N2O3. The highest BCUT2D eigenvalue weighted by molar-refractivity contribution is 5.75. The van der Waals surface area contributed by atoms with Gasteiger partial charge in [-0.1, -0.05) is 13.0 Å². The Kier molecular flexibility index (Phi) is 6.87. The lowest BCUT2D eigenvalue weighted by atomic mass is 10.2. The van der Waals surface area contributed by atoms with Crippen LogP contribution in [0.3, 0.4) is 0 Å². The second kappa shape index (κ2) is 8.43. The topological polar surface area (TPSA) is 50.8 Å². The maximum absolute atomic E-state index is 11.5. The summed E-state index contributed by atoms with van der Waals surface area (Å²) in [6.45, 7) is 4.13. The highest BCUT2D eigenvalue weighted by Gasteiger charge is 2.08. The molecule has 0 saturated carbocycles. The van der Waals surface area contributed by atoms with Crippen LogP contribution >= 0.6 is 0 Å². The minimum Gasteiger partial charge on any atom is -0.493 e. The summed E-state index contributed by atoms with van der Waals surface area (Å²) in [5.41, 5.74) is 1.14. The van der Waals surface area contributed by atoms with E-state index in [1.165, 1.54) is 0 Å². The fourth-order valence-electron chi connectivity index (χ4n) is 1.68. The smallest absolute Gasteiger partial charge is 0.225 e. The fraction of sp³-hybridized carbons (Fsp3) is 0.533. The first kappa shape index (κ1) is 16.3. The van der Waals surface area contributed by atoms with E-state index in [9.17, 15) is 4.79 Å². The average Bonchev–Trinajstić information content (AvgIpc) is 2.45. The summed E-state index contributed by atoms with van der Waals surface area (Å²) in [4.78, 5) is 13.0. The summed E-state index contributed by atoms with van der Waals surface area (Å²) in [6.07, 6.45) is 0.356. The molecule has 0 radical (unpaired) electrons. The molecule has 1 amide bonds. The molecular weight excluding hydrogens is 256 g/mol. The number of ether oxygens (including phenoxy) is 2. The molecule has 0 spiro atoms. The molecule has 0 heterocycles. The van der Waals surface area contributed by atoms with Crippen molar-refractivity contribution in [3.05, 3.63) is 23.8 Å². The van der Waals surface area contributed by atoms with Crippen LogP contribution in [0, 0.1) is 0 Å². The van der Waals surface area contributed by atoms with Gasteiger partial charge in [0, 0.05) is 20.6 Å². The summed E-state index contributed by atoms with van der Waals surface area (Å²) in [5.74, 6) is 1.41. The number of carbonyl (C=O) groups is 1. The third-order valence-corrected chi connectivity index (χ3v) is 2.88. The highest BCUT2D eigenvalue weighted by Crippen LogP contribution is 2.28. The molecule has 0 atom stereocenters. The minimum atomic E-state index is 0.0488. The Bertz CT molecular complexity index is 433. The monoisotopic (exact) mass is 280 g/mol. The lowest BCUT2D eigenvalue weighted by Gasteiger charge is -2.14.